The van der Waals surface area contributed by atoms with Gasteiger partial charge in [-0.25, -0.2) is 4.79 Å². The third-order valence-corrected chi connectivity index (χ3v) is 5.51. The van der Waals surface area contributed by atoms with Gasteiger partial charge in [0.15, 0.2) is 0 Å². The van der Waals surface area contributed by atoms with E-state index in [1.54, 1.807) is 11.8 Å². The van der Waals surface area contributed by atoms with Gasteiger partial charge in [-0.2, -0.15) is 0 Å². The fourth-order valence-corrected chi connectivity index (χ4v) is 4.04. The number of halogens is 3. The topological polar surface area (TPSA) is 66.8 Å². The third-order valence-electron chi connectivity index (χ3n) is 5.51. The predicted octanol–water partition coefficient (Wildman–Crippen LogP) is 5.69. The molecule has 0 bridgehead atoms. The van der Waals surface area contributed by atoms with E-state index in [4.69, 9.17) is 5.11 Å². The highest BCUT2D eigenvalue weighted by Crippen LogP contribution is 2.45. The molecule has 0 fully saturated rings. The van der Waals surface area contributed by atoms with Gasteiger partial charge in [0, 0.05) is 35.7 Å². The fraction of sp³-hybridized carbons (Fsp3) is 0.333. The molecule has 1 aliphatic heterocycles. The van der Waals surface area contributed by atoms with E-state index in [1.807, 2.05) is 32.9 Å². The molecule has 3 rings (SSSR count). The highest BCUT2D eigenvalue weighted by molar-refractivity contribution is 5.99. The number of amides is 1. The molecule has 5 nitrogen and oxygen atoms in total. The maximum atomic E-state index is 13.1. The molecule has 0 unspecified atom stereocenters. The number of hydrogen-bond acceptors (Lipinski definition) is 3. The summed E-state index contributed by atoms with van der Waals surface area (Å²) in [5.41, 5.74) is 2.88. The second-order valence-corrected chi connectivity index (χ2v) is 8.36. The summed E-state index contributed by atoms with van der Waals surface area (Å²) in [6.07, 6.45) is -2.39. The van der Waals surface area contributed by atoms with Crippen LogP contribution in [-0.2, 0) is 15.0 Å². The minimum atomic E-state index is -4.89. The zero-order valence-electron chi connectivity index (χ0n) is 18.2. The third kappa shape index (κ3) is 4.79. The molecule has 2 aromatic rings. The first-order chi connectivity index (χ1) is 14.8. The maximum Gasteiger partial charge on any atom is 0.573 e. The van der Waals surface area contributed by atoms with E-state index < -0.39 is 17.7 Å². The van der Waals surface area contributed by atoms with Gasteiger partial charge >= 0.3 is 12.3 Å². The molecule has 1 heterocycles. The number of ether oxygens (including phenoxy) is 1. The molecule has 0 saturated heterocycles. The smallest absolute Gasteiger partial charge is 0.478 e. The van der Waals surface area contributed by atoms with E-state index in [2.05, 4.69) is 4.74 Å². The van der Waals surface area contributed by atoms with E-state index in [0.29, 0.717) is 23.2 Å². The summed E-state index contributed by atoms with van der Waals surface area (Å²) in [7, 11) is 0. The van der Waals surface area contributed by atoms with Crippen molar-refractivity contribution in [1.82, 2.24) is 0 Å². The van der Waals surface area contributed by atoms with Crippen molar-refractivity contribution in [3.05, 3.63) is 53.1 Å². The number of fused-ring (bicyclic) bond motifs is 1. The predicted molar refractivity (Wildman–Crippen MR) is 116 cm³/mol. The van der Waals surface area contributed by atoms with Gasteiger partial charge in [0.2, 0.25) is 5.91 Å². The fourth-order valence-electron chi connectivity index (χ4n) is 4.04. The van der Waals surface area contributed by atoms with Crippen LogP contribution in [0.15, 0.2) is 36.4 Å². The first-order valence-corrected chi connectivity index (χ1v) is 10.1. The minimum absolute atomic E-state index is 0.000881. The van der Waals surface area contributed by atoms with E-state index >= 15 is 0 Å². The molecule has 0 atom stereocenters. The van der Waals surface area contributed by atoms with Crippen molar-refractivity contribution in [1.29, 1.82) is 0 Å². The Kier molecular flexibility index (Phi) is 6.09. The Labute approximate surface area is 184 Å². The molecule has 170 valence electrons. The number of aryl methyl sites for hydroxylation is 1. The van der Waals surface area contributed by atoms with Crippen LogP contribution in [0.25, 0.3) is 17.2 Å². The summed E-state index contributed by atoms with van der Waals surface area (Å²) in [4.78, 5) is 25.1. The summed E-state index contributed by atoms with van der Waals surface area (Å²) >= 11 is 0. The molecular weight excluding hydrogens is 423 g/mol. The molecule has 8 heteroatoms. The molecule has 1 amide bonds. The zero-order valence-corrected chi connectivity index (χ0v) is 18.2. The summed E-state index contributed by atoms with van der Waals surface area (Å²) in [6, 6.07) is 7.62. The average Bonchev–Trinajstić information content (AvgIpc) is 2.65. The number of carbonyl (C=O) groups is 2. The van der Waals surface area contributed by atoms with Crippen molar-refractivity contribution in [2.75, 3.05) is 11.4 Å². The SMILES string of the molecule is CCN1C(=O)CC(C)(C)c2cc(-c3cc(/C=C/C(=O)O)ccc3OC(F)(F)F)c(C)cc21. The van der Waals surface area contributed by atoms with Crippen LogP contribution in [0.1, 0.15) is 43.9 Å². The Bertz CT molecular complexity index is 1100. The highest BCUT2D eigenvalue weighted by Gasteiger charge is 2.37. The second-order valence-electron chi connectivity index (χ2n) is 8.36. The van der Waals surface area contributed by atoms with Crippen molar-refractivity contribution in [2.24, 2.45) is 0 Å². The van der Waals surface area contributed by atoms with Crippen LogP contribution in [0, 0.1) is 6.92 Å². The van der Waals surface area contributed by atoms with Gasteiger partial charge in [-0.1, -0.05) is 19.9 Å². The molecule has 0 saturated carbocycles. The van der Waals surface area contributed by atoms with Crippen molar-refractivity contribution in [3.8, 4) is 16.9 Å². The number of alkyl halides is 3. The molecular formula is C24H24F3NO4. The van der Waals surface area contributed by atoms with Crippen LogP contribution in [0.2, 0.25) is 0 Å². The van der Waals surface area contributed by atoms with E-state index in [0.717, 1.165) is 17.3 Å². The molecule has 0 spiro atoms. The number of nitrogens with zero attached hydrogens (tertiary/aromatic N) is 1. The van der Waals surface area contributed by atoms with Gasteiger partial charge in [0.05, 0.1) is 0 Å². The Morgan fingerprint density at radius 2 is 1.91 bits per heavy atom. The average molecular weight is 447 g/mol. The van der Waals surface area contributed by atoms with Crippen molar-refractivity contribution >= 4 is 23.6 Å². The number of carboxylic acid groups (broad SMARTS) is 1. The van der Waals surface area contributed by atoms with E-state index in [-0.39, 0.29) is 23.6 Å². The number of carboxylic acids is 1. The Morgan fingerprint density at radius 3 is 2.50 bits per heavy atom. The molecule has 32 heavy (non-hydrogen) atoms. The lowest BCUT2D eigenvalue weighted by Crippen LogP contribution is -2.41. The van der Waals surface area contributed by atoms with Crippen molar-refractivity contribution in [2.45, 2.75) is 45.9 Å². The normalized spacial score (nSPS) is 15.7. The lowest BCUT2D eigenvalue weighted by Gasteiger charge is -2.39. The number of hydrogen-bond donors (Lipinski definition) is 1. The highest BCUT2D eigenvalue weighted by atomic mass is 19.4. The quantitative estimate of drug-likeness (QED) is 0.598. The first-order valence-electron chi connectivity index (χ1n) is 10.1. The molecule has 1 N–H and O–H groups in total. The van der Waals surface area contributed by atoms with Gasteiger partial charge in [-0.05, 0) is 66.4 Å². The zero-order chi connectivity index (χ0) is 23.8. The number of benzene rings is 2. The summed E-state index contributed by atoms with van der Waals surface area (Å²) in [6.45, 7) is 7.96. The van der Waals surface area contributed by atoms with Crippen molar-refractivity contribution in [3.63, 3.8) is 0 Å². The van der Waals surface area contributed by atoms with Crippen LogP contribution in [0.4, 0.5) is 18.9 Å². The van der Waals surface area contributed by atoms with Gasteiger partial charge in [-0.3, -0.25) is 4.79 Å². The summed E-state index contributed by atoms with van der Waals surface area (Å²) < 4.78 is 43.5. The molecule has 0 aromatic heterocycles. The van der Waals surface area contributed by atoms with Crippen LogP contribution >= 0.6 is 0 Å². The van der Waals surface area contributed by atoms with Crippen LogP contribution in [-0.4, -0.2) is 29.9 Å². The summed E-state index contributed by atoms with van der Waals surface area (Å²) in [5, 5.41) is 8.88. The van der Waals surface area contributed by atoms with Gasteiger partial charge in [-0.15, -0.1) is 13.2 Å². The van der Waals surface area contributed by atoms with E-state index in [9.17, 15) is 22.8 Å². The lowest BCUT2D eigenvalue weighted by atomic mass is 9.75. The standard InChI is InChI=1S/C24H24F3NO4/c1-5-28-19-10-14(2)16(12-18(19)23(3,4)13-21(28)29)17-11-15(7-9-22(30)31)6-8-20(17)32-24(25,26)27/h6-12H,5,13H2,1-4H3,(H,30,31)/b9-7+. The van der Waals surface area contributed by atoms with Crippen molar-refractivity contribution < 1.29 is 32.6 Å². The number of carbonyl (C=O) groups excluding carboxylic acids is 1. The van der Waals surface area contributed by atoms with Gasteiger partial charge in [0.1, 0.15) is 5.75 Å². The monoisotopic (exact) mass is 447 g/mol. The van der Waals surface area contributed by atoms with Gasteiger partial charge in [0.25, 0.3) is 0 Å². The Balaban J connectivity index is 2.25. The number of rotatable bonds is 5. The maximum absolute atomic E-state index is 13.1. The van der Waals surface area contributed by atoms with Crippen LogP contribution in [0.3, 0.4) is 0 Å². The van der Waals surface area contributed by atoms with E-state index in [1.165, 1.54) is 24.3 Å². The largest absolute Gasteiger partial charge is 0.573 e. The van der Waals surface area contributed by atoms with Gasteiger partial charge < -0.3 is 14.7 Å². The molecule has 0 radical (unpaired) electrons. The second kappa shape index (κ2) is 8.33. The number of anilines is 1. The number of aliphatic carboxylic acids is 1. The van der Waals surface area contributed by atoms with Crippen LogP contribution in [0.5, 0.6) is 5.75 Å². The molecule has 0 aliphatic carbocycles. The Morgan fingerprint density at radius 1 is 1.22 bits per heavy atom. The summed E-state index contributed by atoms with van der Waals surface area (Å²) in [5.74, 6) is -1.55. The first kappa shape index (κ1) is 23.4. The lowest BCUT2D eigenvalue weighted by molar-refractivity contribution is -0.274. The van der Waals surface area contributed by atoms with Crippen LogP contribution < -0.4 is 9.64 Å². The molecule has 2 aromatic carbocycles. The Hall–Kier alpha value is -3.29. The minimum Gasteiger partial charge on any atom is -0.478 e. The molecule has 1 aliphatic rings.